The minimum atomic E-state index is 0.486. The number of aromatic nitrogens is 1. The van der Waals surface area contributed by atoms with Gasteiger partial charge in [-0.3, -0.25) is 0 Å². The van der Waals surface area contributed by atoms with E-state index >= 15 is 0 Å². The zero-order chi connectivity index (χ0) is 11.3. The van der Waals surface area contributed by atoms with Gasteiger partial charge in [-0.15, -0.1) is 0 Å². The average molecular weight is 229 g/mol. The standard InChI is InChI=1S/C10H19N3OS/c1-4-8(2)13(5-6-14-3)10-7-9(11)12-15-10/h7-8H,4-6H2,1-3H3,(H2,11,12). The Morgan fingerprint density at radius 1 is 1.67 bits per heavy atom. The zero-order valence-corrected chi connectivity index (χ0v) is 10.4. The van der Waals surface area contributed by atoms with Crippen molar-refractivity contribution in [1.82, 2.24) is 4.37 Å². The molecule has 0 aromatic carbocycles. The third-order valence-corrected chi connectivity index (χ3v) is 3.30. The van der Waals surface area contributed by atoms with E-state index in [1.54, 1.807) is 7.11 Å². The van der Waals surface area contributed by atoms with E-state index in [1.807, 2.05) is 6.07 Å². The fraction of sp³-hybridized carbons (Fsp3) is 0.700. The second-order valence-electron chi connectivity index (χ2n) is 3.53. The van der Waals surface area contributed by atoms with Crippen LogP contribution in [0.3, 0.4) is 0 Å². The summed E-state index contributed by atoms with van der Waals surface area (Å²) in [5, 5.41) is 1.12. The molecule has 0 fully saturated rings. The van der Waals surface area contributed by atoms with Crippen molar-refractivity contribution in [3.63, 3.8) is 0 Å². The van der Waals surface area contributed by atoms with Gasteiger partial charge in [0.15, 0.2) is 0 Å². The number of hydrogen-bond acceptors (Lipinski definition) is 5. The molecule has 0 saturated carbocycles. The molecule has 0 saturated heterocycles. The van der Waals surface area contributed by atoms with Gasteiger partial charge >= 0.3 is 0 Å². The van der Waals surface area contributed by atoms with E-state index in [0.29, 0.717) is 11.9 Å². The van der Waals surface area contributed by atoms with Gasteiger partial charge in [0.05, 0.1) is 6.61 Å². The highest BCUT2D eigenvalue weighted by Crippen LogP contribution is 2.25. The van der Waals surface area contributed by atoms with Gasteiger partial charge in [0.25, 0.3) is 0 Å². The number of nitrogens with zero attached hydrogens (tertiary/aromatic N) is 2. The number of nitrogen functional groups attached to an aromatic ring is 1. The molecular weight excluding hydrogens is 210 g/mol. The smallest absolute Gasteiger partial charge is 0.139 e. The van der Waals surface area contributed by atoms with Gasteiger partial charge in [-0.25, -0.2) is 0 Å². The summed E-state index contributed by atoms with van der Waals surface area (Å²) in [4.78, 5) is 2.29. The fourth-order valence-corrected chi connectivity index (χ4v) is 2.17. The maximum atomic E-state index is 5.63. The molecule has 1 aromatic rings. The highest BCUT2D eigenvalue weighted by molar-refractivity contribution is 7.10. The van der Waals surface area contributed by atoms with E-state index < -0.39 is 0 Å². The molecule has 1 aromatic heterocycles. The molecule has 0 aliphatic rings. The van der Waals surface area contributed by atoms with E-state index in [4.69, 9.17) is 10.5 Å². The van der Waals surface area contributed by atoms with Gasteiger partial charge in [0.2, 0.25) is 0 Å². The van der Waals surface area contributed by atoms with E-state index in [9.17, 15) is 0 Å². The minimum absolute atomic E-state index is 0.486. The Hall–Kier alpha value is -0.810. The van der Waals surface area contributed by atoms with Gasteiger partial charge in [-0.2, -0.15) is 4.37 Å². The Kier molecular flexibility index (Phi) is 4.84. The zero-order valence-electron chi connectivity index (χ0n) is 9.56. The van der Waals surface area contributed by atoms with Crippen molar-refractivity contribution in [3.05, 3.63) is 6.07 Å². The summed E-state index contributed by atoms with van der Waals surface area (Å²) in [6.45, 7) is 5.98. The summed E-state index contributed by atoms with van der Waals surface area (Å²) in [5.74, 6) is 0.598. The molecule has 2 N–H and O–H groups in total. The summed E-state index contributed by atoms with van der Waals surface area (Å²) < 4.78 is 9.21. The Morgan fingerprint density at radius 2 is 2.40 bits per heavy atom. The van der Waals surface area contributed by atoms with Crippen molar-refractivity contribution in [2.24, 2.45) is 0 Å². The van der Waals surface area contributed by atoms with Crippen LogP contribution in [0, 0.1) is 0 Å². The van der Waals surface area contributed by atoms with E-state index in [1.165, 1.54) is 11.5 Å². The van der Waals surface area contributed by atoms with Crippen LogP contribution < -0.4 is 10.6 Å². The number of nitrogens with two attached hydrogens (primary N) is 1. The highest BCUT2D eigenvalue weighted by atomic mass is 32.1. The third-order valence-electron chi connectivity index (χ3n) is 2.46. The quantitative estimate of drug-likeness (QED) is 0.810. The molecule has 0 bridgehead atoms. The van der Waals surface area contributed by atoms with Gasteiger partial charge in [-0.1, -0.05) is 6.92 Å². The van der Waals surface area contributed by atoms with Gasteiger partial charge in [-0.05, 0) is 24.9 Å². The lowest BCUT2D eigenvalue weighted by Gasteiger charge is -2.28. The first-order chi connectivity index (χ1) is 7.19. The van der Waals surface area contributed by atoms with Crippen LogP contribution in [-0.4, -0.2) is 30.7 Å². The number of ether oxygens (including phenoxy) is 1. The Bertz CT molecular complexity index is 290. The summed E-state index contributed by atoms with van der Waals surface area (Å²) in [5.41, 5.74) is 5.63. The fourth-order valence-electron chi connectivity index (χ4n) is 1.37. The van der Waals surface area contributed by atoms with Crippen molar-refractivity contribution in [2.75, 3.05) is 30.9 Å². The molecule has 86 valence electrons. The van der Waals surface area contributed by atoms with E-state index in [0.717, 1.165) is 24.6 Å². The lowest BCUT2D eigenvalue weighted by Crippen LogP contribution is -2.34. The number of hydrogen-bond donors (Lipinski definition) is 1. The monoisotopic (exact) mass is 229 g/mol. The maximum absolute atomic E-state index is 5.63. The molecule has 0 aliphatic carbocycles. The van der Waals surface area contributed by atoms with Crippen molar-refractivity contribution in [3.8, 4) is 0 Å². The predicted molar refractivity (Wildman–Crippen MR) is 65.5 cm³/mol. The maximum Gasteiger partial charge on any atom is 0.139 e. The van der Waals surface area contributed by atoms with Crippen molar-refractivity contribution in [2.45, 2.75) is 26.3 Å². The van der Waals surface area contributed by atoms with Crippen LogP contribution in [0.4, 0.5) is 10.8 Å². The minimum Gasteiger partial charge on any atom is -0.383 e. The molecule has 1 heterocycles. The molecule has 1 rings (SSSR count). The van der Waals surface area contributed by atoms with Gasteiger partial charge in [0.1, 0.15) is 10.8 Å². The first-order valence-corrected chi connectivity index (χ1v) is 5.94. The van der Waals surface area contributed by atoms with E-state index in [2.05, 4.69) is 23.1 Å². The van der Waals surface area contributed by atoms with Crippen LogP contribution >= 0.6 is 11.5 Å². The summed E-state index contributed by atoms with van der Waals surface area (Å²) >= 11 is 1.45. The van der Waals surface area contributed by atoms with E-state index in [-0.39, 0.29) is 0 Å². The number of anilines is 2. The largest absolute Gasteiger partial charge is 0.383 e. The third kappa shape index (κ3) is 3.35. The molecular formula is C10H19N3OS. The number of methoxy groups -OCH3 is 1. The number of rotatable bonds is 6. The lowest BCUT2D eigenvalue weighted by molar-refractivity contribution is 0.203. The van der Waals surface area contributed by atoms with Gasteiger partial charge < -0.3 is 15.4 Å². The Balaban J connectivity index is 2.71. The van der Waals surface area contributed by atoms with Gasteiger partial charge in [0, 0.05) is 25.8 Å². The highest BCUT2D eigenvalue weighted by Gasteiger charge is 2.14. The first-order valence-electron chi connectivity index (χ1n) is 5.16. The van der Waals surface area contributed by atoms with Crippen molar-refractivity contribution < 1.29 is 4.74 Å². The average Bonchev–Trinajstić information content (AvgIpc) is 2.65. The van der Waals surface area contributed by atoms with Crippen LogP contribution in [0.1, 0.15) is 20.3 Å². The van der Waals surface area contributed by atoms with Crippen molar-refractivity contribution >= 4 is 22.4 Å². The molecule has 4 nitrogen and oxygen atoms in total. The molecule has 0 radical (unpaired) electrons. The predicted octanol–water partition coefficient (Wildman–Crippen LogP) is 1.98. The SMILES string of the molecule is CCC(C)N(CCOC)c1cc(N)ns1. The van der Waals surface area contributed by atoms with Crippen LogP contribution in [0.15, 0.2) is 6.07 Å². The summed E-state index contributed by atoms with van der Waals surface area (Å²) in [7, 11) is 1.72. The lowest BCUT2D eigenvalue weighted by atomic mass is 10.2. The summed E-state index contributed by atoms with van der Waals surface area (Å²) in [6, 6.07) is 2.41. The van der Waals surface area contributed by atoms with Crippen LogP contribution in [-0.2, 0) is 4.74 Å². The normalized spacial score (nSPS) is 12.7. The van der Waals surface area contributed by atoms with Crippen molar-refractivity contribution in [1.29, 1.82) is 0 Å². The van der Waals surface area contributed by atoms with Crippen LogP contribution in [0.5, 0.6) is 0 Å². The summed E-state index contributed by atoms with van der Waals surface area (Å²) in [6.07, 6.45) is 1.10. The first kappa shape index (κ1) is 12.3. The molecule has 1 unspecified atom stereocenters. The second kappa shape index (κ2) is 5.92. The molecule has 0 aliphatic heterocycles. The molecule has 0 spiro atoms. The topological polar surface area (TPSA) is 51.4 Å². The van der Waals surface area contributed by atoms with Crippen LogP contribution in [0.2, 0.25) is 0 Å². The Morgan fingerprint density at radius 3 is 2.87 bits per heavy atom. The Labute approximate surface area is 95.2 Å². The second-order valence-corrected chi connectivity index (χ2v) is 4.32. The molecule has 1 atom stereocenters. The molecule has 15 heavy (non-hydrogen) atoms. The molecule has 5 heteroatoms. The van der Waals surface area contributed by atoms with Crippen LogP contribution in [0.25, 0.3) is 0 Å². The molecule has 0 amide bonds.